The van der Waals surface area contributed by atoms with Crippen LogP contribution in [0.4, 0.5) is 0 Å². The van der Waals surface area contributed by atoms with Gasteiger partial charge in [0, 0.05) is 0 Å². The van der Waals surface area contributed by atoms with Gasteiger partial charge in [0.2, 0.25) is 0 Å². The van der Waals surface area contributed by atoms with Crippen LogP contribution < -0.4 is 0 Å². The Morgan fingerprint density at radius 1 is 1.64 bits per heavy atom. The van der Waals surface area contributed by atoms with Crippen molar-refractivity contribution in [2.24, 2.45) is 0 Å². The van der Waals surface area contributed by atoms with Crippen LogP contribution in [-0.4, -0.2) is 22.6 Å². The van der Waals surface area contributed by atoms with Crippen molar-refractivity contribution in [3.05, 3.63) is 0 Å². The average Bonchev–Trinajstić information content (AvgIpc) is 1.85. The van der Waals surface area contributed by atoms with Gasteiger partial charge in [0.15, 0.2) is 9.57 Å². The number of halogens is 2. The van der Waals surface area contributed by atoms with E-state index in [-0.39, 0.29) is 6.42 Å². The van der Waals surface area contributed by atoms with E-state index in [9.17, 15) is 9.59 Å². The number of methoxy groups -OCH3 is 1. The lowest BCUT2D eigenvalue weighted by Gasteiger charge is -2.09. The van der Waals surface area contributed by atoms with Crippen LogP contribution in [0, 0.1) is 0 Å². The van der Waals surface area contributed by atoms with Crippen molar-refractivity contribution in [1.82, 2.24) is 0 Å². The molecule has 0 aromatic rings. The molecule has 0 saturated carbocycles. The molecule has 0 aromatic heterocycles. The molecule has 0 N–H and O–H groups in total. The van der Waals surface area contributed by atoms with Crippen LogP contribution in [-0.2, 0) is 14.3 Å². The molecule has 0 radical (unpaired) electrons. The van der Waals surface area contributed by atoms with E-state index < -0.39 is 15.5 Å². The number of Topliss-reactive ketones (excluding diaryl/α,β-unsaturated/α-hetero) is 1. The van der Waals surface area contributed by atoms with Crippen LogP contribution >= 0.6 is 27.5 Å². The van der Waals surface area contributed by atoms with Crippen LogP contribution in [0.1, 0.15) is 13.3 Å². The summed E-state index contributed by atoms with van der Waals surface area (Å²) in [4.78, 5) is 21.5. The summed E-state index contributed by atoms with van der Waals surface area (Å²) in [5.41, 5.74) is 0. The predicted molar refractivity (Wildman–Crippen MR) is 44.8 cm³/mol. The SMILES string of the molecule is COC(=O)CC(=O)C(C)(Cl)Br. The Hall–Kier alpha value is -0.0900. The van der Waals surface area contributed by atoms with E-state index >= 15 is 0 Å². The average molecular weight is 243 g/mol. The van der Waals surface area contributed by atoms with Crippen molar-refractivity contribution in [3.8, 4) is 0 Å². The summed E-state index contributed by atoms with van der Waals surface area (Å²) in [6.45, 7) is 1.46. The highest BCUT2D eigenvalue weighted by Gasteiger charge is 2.28. The number of carbonyl (C=O) groups is 2. The minimum Gasteiger partial charge on any atom is -0.469 e. The van der Waals surface area contributed by atoms with Gasteiger partial charge in [0.05, 0.1) is 7.11 Å². The number of hydrogen-bond donors (Lipinski definition) is 0. The van der Waals surface area contributed by atoms with Gasteiger partial charge in [-0.05, 0) is 6.92 Å². The Kier molecular flexibility index (Phi) is 4.03. The molecule has 0 rings (SSSR count). The topological polar surface area (TPSA) is 43.4 Å². The van der Waals surface area contributed by atoms with Gasteiger partial charge in [0.25, 0.3) is 0 Å². The van der Waals surface area contributed by atoms with Gasteiger partial charge < -0.3 is 4.74 Å². The fourth-order valence-corrected chi connectivity index (χ4v) is 0.565. The molecule has 0 amide bonds. The molecule has 0 spiro atoms. The largest absolute Gasteiger partial charge is 0.469 e. The van der Waals surface area contributed by atoms with Crippen molar-refractivity contribution < 1.29 is 14.3 Å². The zero-order valence-corrected chi connectivity index (χ0v) is 8.53. The highest BCUT2D eigenvalue weighted by Crippen LogP contribution is 2.24. The summed E-state index contributed by atoms with van der Waals surface area (Å²) in [6, 6.07) is 0. The summed E-state index contributed by atoms with van der Waals surface area (Å²) in [7, 11) is 1.22. The van der Waals surface area contributed by atoms with Crippen LogP contribution in [0.15, 0.2) is 0 Å². The summed E-state index contributed by atoms with van der Waals surface area (Å²) >= 11 is 8.45. The lowest BCUT2D eigenvalue weighted by Crippen LogP contribution is -2.24. The van der Waals surface area contributed by atoms with Gasteiger partial charge in [-0.2, -0.15) is 0 Å². The van der Waals surface area contributed by atoms with Gasteiger partial charge in [-0.3, -0.25) is 9.59 Å². The minimum absolute atomic E-state index is 0.304. The second kappa shape index (κ2) is 4.07. The molecular weight excluding hydrogens is 235 g/mol. The van der Waals surface area contributed by atoms with Gasteiger partial charge in [-0.15, -0.1) is 0 Å². The molecule has 5 heteroatoms. The smallest absolute Gasteiger partial charge is 0.313 e. The van der Waals surface area contributed by atoms with E-state index in [2.05, 4.69) is 20.7 Å². The first-order chi connectivity index (χ1) is 4.88. The molecule has 1 unspecified atom stereocenters. The fraction of sp³-hybridized carbons (Fsp3) is 0.667. The Morgan fingerprint density at radius 3 is 2.36 bits per heavy atom. The molecule has 0 aliphatic rings. The third-order valence-corrected chi connectivity index (χ3v) is 1.68. The Labute approximate surface area is 78.2 Å². The van der Waals surface area contributed by atoms with Crippen molar-refractivity contribution in [3.63, 3.8) is 0 Å². The fourth-order valence-electron chi connectivity index (χ4n) is 0.358. The third-order valence-electron chi connectivity index (χ3n) is 1.02. The first-order valence-corrected chi connectivity index (χ1v) is 4.03. The van der Waals surface area contributed by atoms with E-state index in [1.165, 1.54) is 14.0 Å². The lowest BCUT2D eigenvalue weighted by molar-refractivity contribution is -0.143. The number of hydrogen-bond acceptors (Lipinski definition) is 3. The Bertz CT molecular complexity index is 173. The highest BCUT2D eigenvalue weighted by atomic mass is 79.9. The van der Waals surface area contributed by atoms with E-state index in [4.69, 9.17) is 11.6 Å². The monoisotopic (exact) mass is 242 g/mol. The molecule has 0 aromatic carbocycles. The second-order valence-electron chi connectivity index (χ2n) is 2.06. The van der Waals surface area contributed by atoms with Gasteiger partial charge >= 0.3 is 5.97 Å². The van der Waals surface area contributed by atoms with E-state index in [1.54, 1.807) is 0 Å². The van der Waals surface area contributed by atoms with Crippen molar-refractivity contribution in [2.45, 2.75) is 17.1 Å². The van der Waals surface area contributed by atoms with Crippen LogP contribution in [0.3, 0.4) is 0 Å². The normalized spacial score (nSPS) is 15.3. The van der Waals surface area contributed by atoms with Crippen molar-refractivity contribution in [1.29, 1.82) is 0 Å². The molecule has 0 bridgehead atoms. The quantitative estimate of drug-likeness (QED) is 0.428. The molecule has 0 saturated heterocycles. The number of ether oxygens (including phenoxy) is 1. The second-order valence-corrected chi connectivity index (χ2v) is 4.86. The summed E-state index contributed by atoms with van der Waals surface area (Å²) in [5, 5.41) is 0. The molecule has 11 heavy (non-hydrogen) atoms. The number of rotatable bonds is 3. The zero-order valence-electron chi connectivity index (χ0n) is 6.19. The van der Waals surface area contributed by atoms with Crippen LogP contribution in [0.2, 0.25) is 0 Å². The molecule has 64 valence electrons. The molecule has 0 aliphatic carbocycles. The first-order valence-electron chi connectivity index (χ1n) is 2.86. The van der Waals surface area contributed by atoms with Crippen molar-refractivity contribution in [2.75, 3.05) is 7.11 Å². The van der Waals surface area contributed by atoms with Crippen molar-refractivity contribution >= 4 is 39.3 Å². The Morgan fingerprint density at radius 2 is 2.09 bits per heavy atom. The predicted octanol–water partition coefficient (Wildman–Crippen LogP) is 1.47. The molecule has 0 fully saturated rings. The minimum atomic E-state index is -1.17. The molecule has 3 nitrogen and oxygen atoms in total. The maximum absolute atomic E-state index is 11.0. The van der Waals surface area contributed by atoms with Gasteiger partial charge in [0.1, 0.15) is 6.42 Å². The van der Waals surface area contributed by atoms with Crippen LogP contribution in [0.5, 0.6) is 0 Å². The zero-order chi connectivity index (χ0) is 9.07. The maximum Gasteiger partial charge on any atom is 0.313 e. The summed E-state index contributed by atoms with van der Waals surface area (Å²) in [5.74, 6) is -0.993. The first kappa shape index (κ1) is 10.9. The van der Waals surface area contributed by atoms with E-state index in [1.807, 2.05) is 0 Å². The third kappa shape index (κ3) is 4.37. The Balaban J connectivity index is 3.99. The number of alkyl halides is 2. The maximum atomic E-state index is 11.0. The lowest BCUT2D eigenvalue weighted by atomic mass is 10.2. The molecular formula is C6H8BrClO3. The number of ketones is 1. The van der Waals surface area contributed by atoms with Gasteiger partial charge in [-0.1, -0.05) is 27.5 Å². The summed E-state index contributed by atoms with van der Waals surface area (Å²) < 4.78 is 3.11. The number of carbonyl (C=O) groups excluding carboxylic acids is 2. The highest BCUT2D eigenvalue weighted by molar-refractivity contribution is 9.10. The van der Waals surface area contributed by atoms with Crippen LogP contribution in [0.25, 0.3) is 0 Å². The number of esters is 1. The molecule has 0 heterocycles. The molecule has 1 atom stereocenters. The summed E-state index contributed by atoms with van der Waals surface area (Å²) in [6.07, 6.45) is -0.304. The standard InChI is InChI=1S/C6H8BrClO3/c1-6(7,8)4(9)3-5(10)11-2/h3H2,1-2H3. The molecule has 0 aliphatic heterocycles. The van der Waals surface area contributed by atoms with E-state index in [0.717, 1.165) is 0 Å². The van der Waals surface area contributed by atoms with Gasteiger partial charge in [-0.25, -0.2) is 0 Å². The van der Waals surface area contributed by atoms with E-state index in [0.29, 0.717) is 0 Å².